The molecule has 1 atom stereocenters. The van der Waals surface area contributed by atoms with Crippen molar-refractivity contribution >= 4 is 27.3 Å². The fourth-order valence-electron chi connectivity index (χ4n) is 1.87. The van der Waals surface area contributed by atoms with Crippen LogP contribution in [0.3, 0.4) is 0 Å². The third-order valence-electron chi connectivity index (χ3n) is 2.90. The second-order valence-electron chi connectivity index (χ2n) is 4.20. The largest absolute Gasteiger partial charge is 0.336 e. The summed E-state index contributed by atoms with van der Waals surface area (Å²) in [4.78, 5) is 21.1. The number of carbonyl (C=O) groups is 1. The molecule has 1 aromatic heterocycles. The minimum absolute atomic E-state index is 0.00321. The van der Waals surface area contributed by atoms with Gasteiger partial charge in [0, 0.05) is 13.1 Å². The SMILES string of the molecule is CN(C(=O)c1cncc(Cl)n1)C1CCS(=O)(=O)C1. The lowest BCUT2D eigenvalue weighted by atomic mass is 10.2. The number of carbonyl (C=O) groups excluding carboxylic acids is 1. The van der Waals surface area contributed by atoms with Crippen molar-refractivity contribution in [1.29, 1.82) is 0 Å². The van der Waals surface area contributed by atoms with Crippen molar-refractivity contribution in [1.82, 2.24) is 14.9 Å². The van der Waals surface area contributed by atoms with Crippen molar-refractivity contribution in [3.63, 3.8) is 0 Å². The van der Waals surface area contributed by atoms with Crippen LogP contribution in [0.25, 0.3) is 0 Å². The maximum Gasteiger partial charge on any atom is 0.274 e. The minimum Gasteiger partial charge on any atom is -0.336 e. The van der Waals surface area contributed by atoms with Crippen molar-refractivity contribution in [2.75, 3.05) is 18.6 Å². The lowest BCUT2D eigenvalue weighted by Crippen LogP contribution is -2.38. The van der Waals surface area contributed by atoms with Crippen LogP contribution in [0.15, 0.2) is 12.4 Å². The van der Waals surface area contributed by atoms with Crippen LogP contribution in [0.5, 0.6) is 0 Å². The summed E-state index contributed by atoms with van der Waals surface area (Å²) >= 11 is 5.66. The molecule has 98 valence electrons. The van der Waals surface area contributed by atoms with E-state index in [2.05, 4.69) is 9.97 Å². The Morgan fingerprint density at radius 1 is 1.50 bits per heavy atom. The molecule has 1 fully saturated rings. The van der Waals surface area contributed by atoms with E-state index in [1.807, 2.05) is 0 Å². The number of halogens is 1. The second kappa shape index (κ2) is 4.81. The van der Waals surface area contributed by atoms with Crippen molar-refractivity contribution in [3.8, 4) is 0 Å². The van der Waals surface area contributed by atoms with E-state index >= 15 is 0 Å². The van der Waals surface area contributed by atoms with Gasteiger partial charge in [-0.05, 0) is 6.42 Å². The first kappa shape index (κ1) is 13.2. The minimum atomic E-state index is -3.02. The molecular formula is C10H12ClN3O3S. The first-order valence-electron chi connectivity index (χ1n) is 5.34. The van der Waals surface area contributed by atoms with Gasteiger partial charge in [0.2, 0.25) is 0 Å². The Morgan fingerprint density at radius 2 is 2.22 bits per heavy atom. The second-order valence-corrected chi connectivity index (χ2v) is 6.82. The van der Waals surface area contributed by atoms with E-state index in [9.17, 15) is 13.2 Å². The third-order valence-corrected chi connectivity index (χ3v) is 4.83. The smallest absolute Gasteiger partial charge is 0.274 e. The standard InChI is InChI=1S/C10H12ClN3O3S/c1-14(7-2-3-18(16,17)6-7)10(15)8-4-12-5-9(11)13-8/h4-5,7H,2-3,6H2,1H3. The zero-order valence-electron chi connectivity index (χ0n) is 9.71. The Labute approximate surface area is 110 Å². The lowest BCUT2D eigenvalue weighted by Gasteiger charge is -2.22. The average Bonchev–Trinajstić information content (AvgIpc) is 2.68. The van der Waals surface area contributed by atoms with Crippen LogP contribution in [0.4, 0.5) is 0 Å². The topological polar surface area (TPSA) is 80.2 Å². The highest BCUT2D eigenvalue weighted by Crippen LogP contribution is 2.18. The Hall–Kier alpha value is -1.21. The van der Waals surface area contributed by atoms with Crippen LogP contribution in [0.1, 0.15) is 16.9 Å². The molecule has 0 radical (unpaired) electrons. The van der Waals surface area contributed by atoms with Gasteiger partial charge in [0.25, 0.3) is 5.91 Å². The van der Waals surface area contributed by atoms with Gasteiger partial charge in [-0.2, -0.15) is 0 Å². The van der Waals surface area contributed by atoms with Gasteiger partial charge in [-0.25, -0.2) is 13.4 Å². The van der Waals surface area contributed by atoms with Crippen LogP contribution < -0.4 is 0 Å². The average molecular weight is 290 g/mol. The molecular weight excluding hydrogens is 278 g/mol. The Kier molecular flexibility index (Phi) is 3.54. The summed E-state index contributed by atoms with van der Waals surface area (Å²) in [5.41, 5.74) is 0.120. The van der Waals surface area contributed by atoms with Gasteiger partial charge in [0.05, 0.1) is 23.9 Å². The van der Waals surface area contributed by atoms with Crippen molar-refractivity contribution in [2.45, 2.75) is 12.5 Å². The number of hydrogen-bond acceptors (Lipinski definition) is 5. The summed E-state index contributed by atoms with van der Waals surface area (Å²) in [6.45, 7) is 0. The number of sulfone groups is 1. The highest BCUT2D eigenvalue weighted by molar-refractivity contribution is 7.91. The lowest BCUT2D eigenvalue weighted by molar-refractivity contribution is 0.0741. The fraction of sp³-hybridized carbons (Fsp3) is 0.500. The van der Waals surface area contributed by atoms with Gasteiger partial charge in [-0.15, -0.1) is 0 Å². The molecule has 2 heterocycles. The van der Waals surface area contributed by atoms with E-state index < -0.39 is 9.84 Å². The normalized spacial score (nSPS) is 21.8. The van der Waals surface area contributed by atoms with Crippen molar-refractivity contribution in [3.05, 3.63) is 23.2 Å². The summed E-state index contributed by atoms with van der Waals surface area (Å²) in [5.74, 6) is -0.244. The Balaban J connectivity index is 2.15. The van der Waals surface area contributed by atoms with Crippen LogP contribution in [0, 0.1) is 0 Å². The Morgan fingerprint density at radius 3 is 2.78 bits per heavy atom. The first-order chi connectivity index (χ1) is 8.39. The van der Waals surface area contributed by atoms with Gasteiger partial charge in [0.1, 0.15) is 10.8 Å². The number of hydrogen-bond donors (Lipinski definition) is 0. The molecule has 0 saturated carbocycles. The first-order valence-corrected chi connectivity index (χ1v) is 7.54. The third kappa shape index (κ3) is 2.78. The van der Waals surface area contributed by atoms with Crippen LogP contribution in [-0.2, 0) is 9.84 Å². The molecule has 1 aliphatic rings. The molecule has 6 nitrogen and oxygen atoms in total. The van der Waals surface area contributed by atoms with E-state index in [-0.39, 0.29) is 34.3 Å². The highest BCUT2D eigenvalue weighted by Gasteiger charge is 2.33. The molecule has 8 heteroatoms. The van der Waals surface area contributed by atoms with Crippen LogP contribution >= 0.6 is 11.6 Å². The molecule has 1 aliphatic heterocycles. The van der Waals surface area contributed by atoms with E-state index in [0.29, 0.717) is 6.42 Å². The van der Waals surface area contributed by atoms with E-state index in [4.69, 9.17) is 11.6 Å². The van der Waals surface area contributed by atoms with Gasteiger partial charge in [-0.1, -0.05) is 11.6 Å². The molecule has 18 heavy (non-hydrogen) atoms. The maximum atomic E-state index is 12.1. The van der Waals surface area contributed by atoms with Crippen molar-refractivity contribution < 1.29 is 13.2 Å². The summed E-state index contributed by atoms with van der Waals surface area (Å²) in [6.07, 6.45) is 3.10. The molecule has 0 N–H and O–H groups in total. The van der Waals surface area contributed by atoms with Gasteiger partial charge in [-0.3, -0.25) is 9.78 Å². The molecule has 0 spiro atoms. The van der Waals surface area contributed by atoms with E-state index in [1.165, 1.54) is 17.3 Å². The molecule has 2 rings (SSSR count). The zero-order valence-corrected chi connectivity index (χ0v) is 11.3. The number of amides is 1. The van der Waals surface area contributed by atoms with Crippen molar-refractivity contribution in [2.24, 2.45) is 0 Å². The summed E-state index contributed by atoms with van der Waals surface area (Å²) in [5, 5.41) is 0.133. The number of rotatable bonds is 2. The quantitative estimate of drug-likeness (QED) is 0.787. The summed E-state index contributed by atoms with van der Waals surface area (Å²) in [7, 11) is -1.45. The summed E-state index contributed by atoms with van der Waals surface area (Å²) in [6, 6.07) is -0.303. The summed E-state index contributed by atoms with van der Waals surface area (Å²) < 4.78 is 22.7. The van der Waals surface area contributed by atoms with Gasteiger partial charge >= 0.3 is 0 Å². The van der Waals surface area contributed by atoms with Crippen LogP contribution in [-0.4, -0.2) is 53.8 Å². The molecule has 1 saturated heterocycles. The highest BCUT2D eigenvalue weighted by atomic mass is 35.5. The molecule has 0 bridgehead atoms. The molecule has 1 unspecified atom stereocenters. The fourth-order valence-corrected chi connectivity index (χ4v) is 3.79. The van der Waals surface area contributed by atoms with E-state index in [1.54, 1.807) is 7.05 Å². The zero-order chi connectivity index (χ0) is 13.3. The maximum absolute atomic E-state index is 12.1. The number of nitrogens with zero attached hydrogens (tertiary/aromatic N) is 3. The van der Waals surface area contributed by atoms with E-state index in [0.717, 1.165) is 0 Å². The molecule has 0 aliphatic carbocycles. The molecule has 0 aromatic carbocycles. The van der Waals surface area contributed by atoms with Crippen LogP contribution in [0.2, 0.25) is 5.15 Å². The van der Waals surface area contributed by atoms with Gasteiger partial charge < -0.3 is 4.90 Å². The molecule has 1 amide bonds. The molecule has 1 aromatic rings. The monoisotopic (exact) mass is 289 g/mol. The predicted octanol–water partition coefficient (Wildman–Crippen LogP) is 0.389. The predicted molar refractivity (Wildman–Crippen MR) is 66.2 cm³/mol. The Bertz CT molecular complexity index is 575. The number of aromatic nitrogens is 2. The van der Waals surface area contributed by atoms with Gasteiger partial charge in [0.15, 0.2) is 9.84 Å².